The smallest absolute Gasteiger partial charge is 0.133 e. The highest BCUT2D eigenvalue weighted by molar-refractivity contribution is 7.99. The van der Waals surface area contributed by atoms with Crippen LogP contribution in [-0.4, -0.2) is 17.9 Å². The van der Waals surface area contributed by atoms with Gasteiger partial charge in [-0.3, -0.25) is 11.3 Å². The van der Waals surface area contributed by atoms with Crippen LogP contribution >= 0.6 is 11.8 Å². The quantitative estimate of drug-likeness (QED) is 0.333. The molecule has 0 radical (unpaired) electrons. The Kier molecular flexibility index (Phi) is 6.43. The fraction of sp³-hybridized carbons (Fsp3) is 0.500. The van der Waals surface area contributed by atoms with Crippen molar-refractivity contribution < 1.29 is 4.74 Å². The summed E-state index contributed by atoms with van der Waals surface area (Å²) in [4.78, 5) is 1.23. The predicted molar refractivity (Wildman–Crippen MR) is 86.0 cm³/mol. The van der Waals surface area contributed by atoms with E-state index in [0.29, 0.717) is 0 Å². The van der Waals surface area contributed by atoms with E-state index in [9.17, 15) is 0 Å². The molecule has 1 aliphatic rings. The lowest BCUT2D eigenvalue weighted by Crippen LogP contribution is -2.48. The van der Waals surface area contributed by atoms with E-state index in [1.807, 2.05) is 36.0 Å². The molecule has 4 heteroatoms. The molecule has 2 atom stereocenters. The van der Waals surface area contributed by atoms with Crippen LogP contribution in [0.3, 0.4) is 0 Å². The van der Waals surface area contributed by atoms with E-state index < -0.39 is 0 Å². The van der Waals surface area contributed by atoms with E-state index in [4.69, 9.17) is 10.6 Å². The Morgan fingerprint density at radius 2 is 2.25 bits per heavy atom. The van der Waals surface area contributed by atoms with Gasteiger partial charge in [-0.15, -0.1) is 18.3 Å². The van der Waals surface area contributed by atoms with Gasteiger partial charge >= 0.3 is 0 Å². The monoisotopic (exact) mass is 292 g/mol. The maximum Gasteiger partial charge on any atom is 0.133 e. The summed E-state index contributed by atoms with van der Waals surface area (Å²) in [7, 11) is 0. The molecule has 0 amide bonds. The summed E-state index contributed by atoms with van der Waals surface area (Å²) in [6.45, 7) is 3.75. The van der Waals surface area contributed by atoms with Gasteiger partial charge in [0.05, 0.1) is 6.04 Å². The largest absolute Gasteiger partial charge is 0.487 e. The lowest BCUT2D eigenvalue weighted by Gasteiger charge is -2.31. The summed E-state index contributed by atoms with van der Waals surface area (Å²) >= 11 is 1.85. The molecule has 0 saturated carbocycles. The van der Waals surface area contributed by atoms with E-state index in [0.717, 1.165) is 24.3 Å². The van der Waals surface area contributed by atoms with Crippen molar-refractivity contribution >= 4 is 11.8 Å². The summed E-state index contributed by atoms with van der Waals surface area (Å²) < 4.78 is 6.08. The van der Waals surface area contributed by atoms with Gasteiger partial charge in [-0.25, -0.2) is 0 Å². The molecule has 110 valence electrons. The molecule has 0 bridgehead atoms. The maximum atomic E-state index is 6.08. The number of fused-ring (bicyclic) bond motifs is 1. The third kappa shape index (κ3) is 4.27. The van der Waals surface area contributed by atoms with Crippen LogP contribution < -0.4 is 16.0 Å². The van der Waals surface area contributed by atoms with Crippen LogP contribution in [0.15, 0.2) is 41.8 Å². The summed E-state index contributed by atoms with van der Waals surface area (Å²) in [5.41, 5.74) is 2.93. The van der Waals surface area contributed by atoms with Crippen molar-refractivity contribution in [3.63, 3.8) is 0 Å². The molecule has 1 heterocycles. The number of rotatable bonds is 8. The van der Waals surface area contributed by atoms with Crippen molar-refractivity contribution in [2.45, 2.75) is 49.1 Å². The van der Waals surface area contributed by atoms with Crippen LogP contribution in [0.2, 0.25) is 0 Å². The molecular formula is C16H24N2OS. The van der Waals surface area contributed by atoms with E-state index in [1.165, 1.54) is 24.2 Å². The summed E-state index contributed by atoms with van der Waals surface area (Å²) in [6.07, 6.45) is 7.90. The summed E-state index contributed by atoms with van der Waals surface area (Å²) in [5.74, 6) is 7.65. The van der Waals surface area contributed by atoms with Gasteiger partial charge in [0, 0.05) is 10.6 Å². The zero-order chi connectivity index (χ0) is 14.2. The molecule has 20 heavy (non-hydrogen) atoms. The number of nitrogens with one attached hydrogen (secondary N) is 1. The van der Waals surface area contributed by atoms with Crippen molar-refractivity contribution in [3.05, 3.63) is 36.9 Å². The van der Waals surface area contributed by atoms with Crippen molar-refractivity contribution in [1.29, 1.82) is 0 Å². The number of hydrazine groups is 1. The Balaban J connectivity index is 1.82. The van der Waals surface area contributed by atoms with Gasteiger partial charge in [-0.1, -0.05) is 31.1 Å². The molecule has 2 unspecified atom stereocenters. The van der Waals surface area contributed by atoms with Crippen LogP contribution in [0.4, 0.5) is 0 Å². The van der Waals surface area contributed by atoms with Crippen molar-refractivity contribution in [1.82, 2.24) is 5.43 Å². The molecule has 1 aliphatic heterocycles. The molecule has 0 saturated heterocycles. The lowest BCUT2D eigenvalue weighted by molar-refractivity contribution is 0.159. The van der Waals surface area contributed by atoms with Gasteiger partial charge in [-0.05, 0) is 31.4 Å². The van der Waals surface area contributed by atoms with Crippen LogP contribution in [-0.2, 0) is 0 Å². The Hall–Kier alpha value is -0.970. The number of ether oxygens (including phenoxy) is 1. The molecule has 0 fully saturated rings. The zero-order valence-electron chi connectivity index (χ0n) is 11.9. The van der Waals surface area contributed by atoms with Gasteiger partial charge in [0.2, 0.25) is 0 Å². The highest BCUT2D eigenvalue weighted by Gasteiger charge is 2.26. The Labute approximate surface area is 125 Å². The molecule has 0 spiro atoms. The average molecular weight is 292 g/mol. The zero-order valence-corrected chi connectivity index (χ0v) is 12.7. The summed E-state index contributed by atoms with van der Waals surface area (Å²) in [5, 5.41) is 0. The third-order valence-electron chi connectivity index (χ3n) is 3.62. The Bertz CT molecular complexity index is 425. The second-order valence-electron chi connectivity index (χ2n) is 5.11. The van der Waals surface area contributed by atoms with Crippen LogP contribution in [0.25, 0.3) is 0 Å². The first kappa shape index (κ1) is 15.4. The molecular weight excluding hydrogens is 268 g/mol. The Morgan fingerprint density at radius 1 is 1.40 bits per heavy atom. The topological polar surface area (TPSA) is 47.3 Å². The SMILES string of the molecule is C=CCCCCCC(NN)C1CSc2ccccc2O1. The van der Waals surface area contributed by atoms with E-state index in [1.54, 1.807) is 0 Å². The molecule has 2 rings (SSSR count). The number of allylic oxidation sites excluding steroid dienone is 1. The molecule has 1 aromatic rings. The van der Waals surface area contributed by atoms with Gasteiger partial charge in [0.15, 0.2) is 0 Å². The standard InChI is InChI=1S/C16H24N2OS/c1-2-3-4-5-6-9-13(18-17)15-12-20-16-11-8-7-10-14(16)19-15/h2,7-8,10-11,13,15,18H,1,3-6,9,12,17H2. The Morgan fingerprint density at radius 3 is 3.05 bits per heavy atom. The highest BCUT2D eigenvalue weighted by atomic mass is 32.2. The van der Waals surface area contributed by atoms with Crippen LogP contribution in [0.1, 0.15) is 32.1 Å². The first-order valence-corrected chi connectivity index (χ1v) is 8.29. The fourth-order valence-electron chi connectivity index (χ4n) is 2.44. The lowest BCUT2D eigenvalue weighted by atomic mass is 10.0. The molecule has 3 N–H and O–H groups in total. The minimum absolute atomic E-state index is 0.152. The fourth-order valence-corrected chi connectivity index (χ4v) is 3.52. The molecule has 0 aromatic heterocycles. The number of thioether (sulfide) groups is 1. The maximum absolute atomic E-state index is 6.08. The number of hydrogen-bond donors (Lipinski definition) is 2. The number of benzene rings is 1. The molecule has 3 nitrogen and oxygen atoms in total. The second-order valence-corrected chi connectivity index (χ2v) is 6.18. The minimum Gasteiger partial charge on any atom is -0.487 e. The van der Waals surface area contributed by atoms with Crippen molar-refractivity contribution in [2.24, 2.45) is 5.84 Å². The number of unbranched alkanes of at least 4 members (excludes halogenated alkanes) is 3. The molecule has 1 aromatic carbocycles. The van der Waals surface area contributed by atoms with Crippen LogP contribution in [0, 0.1) is 0 Å². The average Bonchev–Trinajstić information content (AvgIpc) is 2.50. The van der Waals surface area contributed by atoms with Crippen molar-refractivity contribution in [2.75, 3.05) is 5.75 Å². The molecule has 0 aliphatic carbocycles. The third-order valence-corrected chi connectivity index (χ3v) is 4.76. The highest BCUT2D eigenvalue weighted by Crippen LogP contribution is 2.36. The normalized spacial score (nSPS) is 18.9. The van der Waals surface area contributed by atoms with E-state index >= 15 is 0 Å². The first-order chi connectivity index (χ1) is 9.85. The van der Waals surface area contributed by atoms with E-state index in [2.05, 4.69) is 18.1 Å². The van der Waals surface area contributed by atoms with Crippen LogP contribution in [0.5, 0.6) is 5.75 Å². The van der Waals surface area contributed by atoms with Gasteiger partial charge < -0.3 is 4.74 Å². The predicted octanol–water partition coefficient (Wildman–Crippen LogP) is 3.51. The number of nitrogens with two attached hydrogens (primary N) is 1. The summed E-state index contributed by atoms with van der Waals surface area (Å²) in [6, 6.07) is 8.43. The van der Waals surface area contributed by atoms with Gasteiger partial charge in [0.25, 0.3) is 0 Å². The van der Waals surface area contributed by atoms with Gasteiger partial charge in [-0.2, -0.15) is 0 Å². The number of hydrogen-bond acceptors (Lipinski definition) is 4. The first-order valence-electron chi connectivity index (χ1n) is 7.30. The second kappa shape index (κ2) is 8.35. The minimum atomic E-state index is 0.152. The van der Waals surface area contributed by atoms with E-state index in [-0.39, 0.29) is 12.1 Å². The number of para-hydroxylation sites is 1. The van der Waals surface area contributed by atoms with Gasteiger partial charge in [0.1, 0.15) is 11.9 Å². The van der Waals surface area contributed by atoms with Crippen molar-refractivity contribution in [3.8, 4) is 5.75 Å².